The molecular weight excluding hydrogens is 378 g/mol. The van der Waals surface area contributed by atoms with Crippen molar-refractivity contribution in [2.75, 3.05) is 16.0 Å². The number of carbonyl (C=O) groups excluding carboxylic acids is 1. The van der Waals surface area contributed by atoms with Crippen molar-refractivity contribution in [1.29, 1.82) is 0 Å². The summed E-state index contributed by atoms with van der Waals surface area (Å²) in [6.45, 7) is 0. The maximum Gasteiger partial charge on any atom is 0.276 e. The molecule has 2 heterocycles. The smallest absolute Gasteiger partial charge is 0.276 e. The highest BCUT2D eigenvalue weighted by atomic mass is 16.2. The molecule has 0 saturated heterocycles. The number of fused-ring (bicyclic) bond motifs is 1. The van der Waals surface area contributed by atoms with Crippen LogP contribution in [0.2, 0.25) is 0 Å². The minimum atomic E-state index is -0.237. The van der Waals surface area contributed by atoms with Gasteiger partial charge in [0.05, 0.1) is 11.9 Å². The maximum atomic E-state index is 12.9. The first-order valence-electron chi connectivity index (χ1n) is 10.7. The summed E-state index contributed by atoms with van der Waals surface area (Å²) in [6, 6.07) is 12.5. The van der Waals surface area contributed by atoms with Gasteiger partial charge in [-0.05, 0) is 50.7 Å². The maximum absolute atomic E-state index is 12.9. The summed E-state index contributed by atoms with van der Waals surface area (Å²) in [4.78, 5) is 17.4. The van der Waals surface area contributed by atoms with Crippen LogP contribution in [0.25, 0.3) is 5.65 Å². The van der Waals surface area contributed by atoms with Crippen LogP contribution in [-0.4, -0.2) is 38.6 Å². The molecule has 30 heavy (non-hydrogen) atoms. The van der Waals surface area contributed by atoms with E-state index in [1.165, 1.54) is 0 Å². The second kappa shape index (κ2) is 7.95. The Morgan fingerprint density at radius 1 is 1.00 bits per heavy atom. The Morgan fingerprint density at radius 3 is 2.43 bits per heavy atom. The molecule has 156 valence electrons. The molecule has 0 aliphatic heterocycles. The minimum Gasteiger partial charge on any atom is -0.379 e. The molecule has 0 unspecified atom stereocenters. The number of para-hydroxylation sites is 1. The fourth-order valence-corrected chi connectivity index (χ4v) is 3.94. The number of benzene rings is 1. The summed E-state index contributed by atoms with van der Waals surface area (Å²) in [5.74, 6) is 0.511. The highest BCUT2D eigenvalue weighted by Gasteiger charge is 2.25. The predicted octanol–water partition coefficient (Wildman–Crippen LogP) is 3.24. The summed E-state index contributed by atoms with van der Waals surface area (Å²) < 4.78 is 1.64. The van der Waals surface area contributed by atoms with Gasteiger partial charge in [0.2, 0.25) is 0 Å². The summed E-state index contributed by atoms with van der Waals surface area (Å²) in [5, 5.41) is 14.7. The molecule has 2 aliphatic carbocycles. The van der Waals surface area contributed by atoms with Gasteiger partial charge in [-0.15, -0.1) is 5.10 Å². The minimum absolute atomic E-state index is 0.237. The van der Waals surface area contributed by atoms with Crippen LogP contribution in [0.4, 0.5) is 17.2 Å². The summed E-state index contributed by atoms with van der Waals surface area (Å²) in [7, 11) is 0. The van der Waals surface area contributed by atoms with Gasteiger partial charge in [-0.1, -0.05) is 18.2 Å². The molecule has 2 aliphatic rings. The van der Waals surface area contributed by atoms with Crippen molar-refractivity contribution in [2.45, 2.75) is 56.7 Å². The number of amides is 1. The van der Waals surface area contributed by atoms with Crippen molar-refractivity contribution < 1.29 is 4.79 Å². The molecule has 0 atom stereocenters. The van der Waals surface area contributed by atoms with Crippen LogP contribution in [0.3, 0.4) is 0 Å². The molecule has 8 heteroatoms. The van der Waals surface area contributed by atoms with E-state index < -0.39 is 0 Å². The number of rotatable bonds is 6. The van der Waals surface area contributed by atoms with Crippen LogP contribution in [0.5, 0.6) is 0 Å². The molecule has 1 amide bonds. The lowest BCUT2D eigenvalue weighted by Gasteiger charge is -2.27. The summed E-state index contributed by atoms with van der Waals surface area (Å²) in [6.07, 6.45) is 7.97. The molecule has 2 aromatic heterocycles. The van der Waals surface area contributed by atoms with Crippen LogP contribution in [0, 0.1) is 0 Å². The molecule has 0 spiro atoms. The lowest BCUT2D eigenvalue weighted by molar-refractivity contribution is 0.102. The van der Waals surface area contributed by atoms with E-state index in [1.807, 2.05) is 36.4 Å². The molecule has 3 aromatic rings. The van der Waals surface area contributed by atoms with E-state index in [4.69, 9.17) is 10.8 Å². The zero-order valence-corrected chi connectivity index (χ0v) is 16.8. The van der Waals surface area contributed by atoms with Gasteiger partial charge in [0.1, 0.15) is 5.82 Å². The molecule has 0 bridgehead atoms. The second-order valence-electron chi connectivity index (χ2n) is 8.32. The third-order valence-electron chi connectivity index (χ3n) is 5.79. The third kappa shape index (κ3) is 4.09. The number of imidazole rings is 1. The van der Waals surface area contributed by atoms with Gasteiger partial charge < -0.3 is 21.7 Å². The predicted molar refractivity (Wildman–Crippen MR) is 118 cm³/mol. The zero-order chi connectivity index (χ0) is 20.5. The van der Waals surface area contributed by atoms with E-state index in [2.05, 4.69) is 20.9 Å². The van der Waals surface area contributed by atoms with E-state index in [9.17, 15) is 4.79 Å². The zero-order valence-electron chi connectivity index (χ0n) is 16.8. The topological polar surface area (TPSA) is 109 Å². The summed E-state index contributed by atoms with van der Waals surface area (Å²) >= 11 is 0. The first-order valence-corrected chi connectivity index (χ1v) is 10.7. The first kappa shape index (κ1) is 18.9. The number of nitrogens with zero attached hydrogens (tertiary/aromatic N) is 3. The number of nitrogens with two attached hydrogens (primary N) is 1. The Kier molecular flexibility index (Phi) is 5.00. The lowest BCUT2D eigenvalue weighted by Crippen LogP contribution is -2.33. The Bertz CT molecular complexity index is 1040. The van der Waals surface area contributed by atoms with Gasteiger partial charge in [-0.3, -0.25) is 4.79 Å². The van der Waals surface area contributed by atoms with Gasteiger partial charge in [0.15, 0.2) is 11.3 Å². The molecule has 2 fully saturated rings. The number of hydrogen-bond donors (Lipinski definition) is 4. The largest absolute Gasteiger partial charge is 0.379 e. The van der Waals surface area contributed by atoms with Crippen molar-refractivity contribution in [3.8, 4) is 0 Å². The normalized spacial score (nSPS) is 21.4. The molecule has 8 nitrogen and oxygen atoms in total. The summed E-state index contributed by atoms with van der Waals surface area (Å²) in [5.41, 5.74) is 8.75. The van der Waals surface area contributed by atoms with Crippen LogP contribution in [0.15, 0.2) is 42.6 Å². The monoisotopic (exact) mass is 405 g/mol. The molecule has 1 aromatic carbocycles. The third-order valence-corrected chi connectivity index (χ3v) is 5.79. The standard InChI is InChI=1S/C22H27N7O/c23-14-6-8-17(9-7-14)26-20-12-18(25-16-10-11-16)21-24-13-19(29(21)28-20)22(30)27-15-4-2-1-3-5-15/h1-5,12-14,16-17,25H,6-11,23H2,(H,26,28)(H,27,30)/t14-,17-. The lowest BCUT2D eigenvalue weighted by atomic mass is 9.92. The van der Waals surface area contributed by atoms with Crippen molar-refractivity contribution >= 4 is 28.7 Å². The number of carbonyl (C=O) groups is 1. The Morgan fingerprint density at radius 2 is 1.70 bits per heavy atom. The van der Waals surface area contributed by atoms with E-state index in [-0.39, 0.29) is 5.91 Å². The van der Waals surface area contributed by atoms with Gasteiger partial charge in [0, 0.05) is 29.9 Å². The SMILES string of the molecule is N[C@H]1CC[C@H](Nc2cc(NC3CC3)c3ncc(C(=O)Nc4ccccc4)n3n2)CC1. The molecule has 2 saturated carbocycles. The first-order chi connectivity index (χ1) is 14.7. The Labute approximate surface area is 175 Å². The molecule has 5 rings (SSSR count). The van der Waals surface area contributed by atoms with Crippen molar-refractivity contribution in [1.82, 2.24) is 14.6 Å². The number of aromatic nitrogens is 3. The quantitative estimate of drug-likeness (QED) is 0.501. The fraction of sp³-hybridized carbons (Fsp3) is 0.409. The Hall–Kier alpha value is -3.13. The van der Waals surface area contributed by atoms with Crippen LogP contribution in [0.1, 0.15) is 49.0 Å². The average Bonchev–Trinajstić information content (AvgIpc) is 3.46. The molecule has 0 radical (unpaired) electrons. The van der Waals surface area contributed by atoms with Crippen LogP contribution >= 0.6 is 0 Å². The van der Waals surface area contributed by atoms with Crippen molar-refractivity contribution in [3.63, 3.8) is 0 Å². The van der Waals surface area contributed by atoms with E-state index in [0.29, 0.717) is 29.5 Å². The van der Waals surface area contributed by atoms with Crippen LogP contribution in [-0.2, 0) is 0 Å². The number of hydrogen-bond acceptors (Lipinski definition) is 6. The molecular formula is C22H27N7O. The number of nitrogens with one attached hydrogen (secondary N) is 3. The van der Waals surface area contributed by atoms with E-state index in [1.54, 1.807) is 10.7 Å². The van der Waals surface area contributed by atoms with E-state index >= 15 is 0 Å². The fourth-order valence-electron chi connectivity index (χ4n) is 3.94. The van der Waals surface area contributed by atoms with Crippen molar-refractivity contribution in [3.05, 3.63) is 48.3 Å². The molecule has 5 N–H and O–H groups in total. The second-order valence-corrected chi connectivity index (χ2v) is 8.32. The van der Waals surface area contributed by atoms with Crippen molar-refractivity contribution in [2.24, 2.45) is 5.73 Å². The van der Waals surface area contributed by atoms with Gasteiger partial charge in [-0.2, -0.15) is 0 Å². The average molecular weight is 406 g/mol. The van der Waals surface area contributed by atoms with Crippen LogP contribution < -0.4 is 21.7 Å². The number of anilines is 3. The highest BCUT2D eigenvalue weighted by Crippen LogP contribution is 2.29. The van der Waals surface area contributed by atoms with Gasteiger partial charge >= 0.3 is 0 Å². The van der Waals surface area contributed by atoms with Gasteiger partial charge in [0.25, 0.3) is 5.91 Å². The van der Waals surface area contributed by atoms with Gasteiger partial charge in [-0.25, -0.2) is 9.50 Å². The Balaban J connectivity index is 1.45. The highest BCUT2D eigenvalue weighted by molar-refractivity contribution is 6.03. The van der Waals surface area contributed by atoms with E-state index in [0.717, 1.165) is 55.7 Å².